The van der Waals surface area contributed by atoms with E-state index in [9.17, 15) is 10.1 Å². The number of thiophene rings is 1. The van der Waals surface area contributed by atoms with Crippen molar-refractivity contribution >= 4 is 16.3 Å². The standard InChI is InChI=1S/C12H18N2O3S/c1-17-8-10-3-2-4-13(6-10)7-11-5-12(14(15)16)18-9-11/h5,9-10H,2-4,6-8H2,1H3. The van der Waals surface area contributed by atoms with Crippen molar-refractivity contribution in [1.82, 2.24) is 4.90 Å². The SMILES string of the molecule is COCC1CCCN(Cc2csc([N+](=O)[O-])c2)C1. The summed E-state index contributed by atoms with van der Waals surface area (Å²) in [6.45, 7) is 3.71. The summed E-state index contributed by atoms with van der Waals surface area (Å²) < 4.78 is 5.20. The molecule has 0 aromatic carbocycles. The minimum Gasteiger partial charge on any atom is -0.384 e. The van der Waals surface area contributed by atoms with Crippen molar-refractivity contribution < 1.29 is 9.66 Å². The molecule has 2 rings (SSSR count). The van der Waals surface area contributed by atoms with Crippen LogP contribution in [0.4, 0.5) is 5.00 Å². The van der Waals surface area contributed by atoms with E-state index in [0.717, 1.165) is 31.8 Å². The zero-order chi connectivity index (χ0) is 13.0. The third-order valence-corrected chi connectivity index (χ3v) is 4.16. The topological polar surface area (TPSA) is 55.6 Å². The van der Waals surface area contributed by atoms with Gasteiger partial charge in [-0.2, -0.15) is 0 Å². The Balaban J connectivity index is 1.89. The van der Waals surface area contributed by atoms with Crippen molar-refractivity contribution in [3.8, 4) is 0 Å². The predicted molar refractivity (Wildman–Crippen MR) is 70.9 cm³/mol. The molecule has 5 nitrogen and oxygen atoms in total. The average molecular weight is 270 g/mol. The van der Waals surface area contributed by atoms with Gasteiger partial charge in [-0.3, -0.25) is 15.0 Å². The normalized spacial score (nSPS) is 21.1. The zero-order valence-corrected chi connectivity index (χ0v) is 11.3. The van der Waals surface area contributed by atoms with Crippen molar-refractivity contribution in [1.29, 1.82) is 0 Å². The van der Waals surface area contributed by atoms with Crippen LogP contribution >= 0.6 is 11.3 Å². The second kappa shape index (κ2) is 6.26. The number of hydrogen-bond acceptors (Lipinski definition) is 5. The van der Waals surface area contributed by atoms with Gasteiger partial charge in [0, 0.05) is 31.6 Å². The lowest BCUT2D eigenvalue weighted by molar-refractivity contribution is -0.380. The van der Waals surface area contributed by atoms with Crippen molar-refractivity contribution in [2.45, 2.75) is 19.4 Å². The molecule has 6 heteroatoms. The van der Waals surface area contributed by atoms with Gasteiger partial charge in [0.05, 0.1) is 11.5 Å². The van der Waals surface area contributed by atoms with Gasteiger partial charge < -0.3 is 4.74 Å². The predicted octanol–water partition coefficient (Wildman–Crippen LogP) is 2.51. The molecule has 2 heterocycles. The summed E-state index contributed by atoms with van der Waals surface area (Å²) >= 11 is 1.21. The molecule has 1 aliphatic rings. The van der Waals surface area contributed by atoms with E-state index in [1.807, 2.05) is 5.38 Å². The molecular formula is C12H18N2O3S. The second-order valence-electron chi connectivity index (χ2n) is 4.75. The summed E-state index contributed by atoms with van der Waals surface area (Å²) in [5, 5.41) is 12.7. The molecule has 1 saturated heterocycles. The maximum atomic E-state index is 10.6. The average Bonchev–Trinajstić information content (AvgIpc) is 2.78. The lowest BCUT2D eigenvalue weighted by atomic mass is 9.99. The van der Waals surface area contributed by atoms with E-state index < -0.39 is 0 Å². The van der Waals surface area contributed by atoms with Gasteiger partial charge in [0.2, 0.25) is 0 Å². The summed E-state index contributed by atoms with van der Waals surface area (Å²) in [5.74, 6) is 0.595. The smallest absolute Gasteiger partial charge is 0.324 e. The maximum Gasteiger partial charge on any atom is 0.324 e. The molecule has 1 atom stereocenters. The molecule has 100 valence electrons. The number of methoxy groups -OCH3 is 1. The van der Waals surface area contributed by atoms with Crippen LogP contribution in [0.15, 0.2) is 11.4 Å². The van der Waals surface area contributed by atoms with Crippen LogP contribution in [0, 0.1) is 16.0 Å². The van der Waals surface area contributed by atoms with Crippen molar-refractivity contribution in [3.05, 3.63) is 27.1 Å². The second-order valence-corrected chi connectivity index (χ2v) is 5.64. The van der Waals surface area contributed by atoms with Gasteiger partial charge in [-0.05, 0) is 30.9 Å². The summed E-state index contributed by atoms with van der Waals surface area (Å²) in [4.78, 5) is 12.7. The van der Waals surface area contributed by atoms with Gasteiger partial charge >= 0.3 is 5.00 Å². The Morgan fingerprint density at radius 3 is 3.17 bits per heavy atom. The molecule has 1 aromatic heterocycles. The maximum absolute atomic E-state index is 10.6. The molecule has 0 N–H and O–H groups in total. The molecule has 0 spiro atoms. The Hall–Kier alpha value is -0.980. The van der Waals surface area contributed by atoms with Crippen LogP contribution < -0.4 is 0 Å². The number of ether oxygens (including phenoxy) is 1. The summed E-state index contributed by atoms with van der Waals surface area (Å²) in [5.41, 5.74) is 1.05. The third-order valence-electron chi connectivity index (χ3n) is 3.23. The Kier molecular flexibility index (Phi) is 4.68. The fourth-order valence-electron chi connectivity index (χ4n) is 2.47. The number of nitro groups is 1. The lowest BCUT2D eigenvalue weighted by Gasteiger charge is -2.32. The van der Waals surface area contributed by atoms with Crippen LogP contribution in [0.25, 0.3) is 0 Å². The van der Waals surface area contributed by atoms with Crippen LogP contribution in [0.1, 0.15) is 18.4 Å². The summed E-state index contributed by atoms with van der Waals surface area (Å²) in [7, 11) is 1.74. The highest BCUT2D eigenvalue weighted by Crippen LogP contribution is 2.25. The highest BCUT2D eigenvalue weighted by atomic mass is 32.1. The van der Waals surface area contributed by atoms with Gasteiger partial charge in [-0.1, -0.05) is 11.3 Å². The number of rotatable bonds is 5. The van der Waals surface area contributed by atoms with Gasteiger partial charge in [-0.15, -0.1) is 0 Å². The minimum atomic E-state index is -0.321. The summed E-state index contributed by atoms with van der Waals surface area (Å²) in [6, 6.07) is 1.69. The quantitative estimate of drug-likeness (QED) is 0.609. The molecule has 0 saturated carbocycles. The fraction of sp³-hybridized carbons (Fsp3) is 0.667. The molecule has 0 bridgehead atoms. The van der Waals surface area contributed by atoms with Crippen LogP contribution in [0.5, 0.6) is 0 Å². The van der Waals surface area contributed by atoms with E-state index in [4.69, 9.17) is 4.74 Å². The Morgan fingerprint density at radius 2 is 2.50 bits per heavy atom. The molecule has 1 aromatic rings. The minimum absolute atomic E-state index is 0.232. The van der Waals surface area contributed by atoms with Crippen LogP contribution in [0.3, 0.4) is 0 Å². The fourth-order valence-corrected chi connectivity index (χ4v) is 3.19. The summed E-state index contributed by atoms with van der Waals surface area (Å²) in [6.07, 6.45) is 2.40. The van der Waals surface area contributed by atoms with Crippen LogP contribution in [-0.2, 0) is 11.3 Å². The van der Waals surface area contributed by atoms with E-state index in [1.165, 1.54) is 24.2 Å². The van der Waals surface area contributed by atoms with Crippen LogP contribution in [-0.4, -0.2) is 36.6 Å². The first-order valence-corrected chi connectivity index (χ1v) is 7.00. The van der Waals surface area contributed by atoms with E-state index in [2.05, 4.69) is 4.90 Å². The van der Waals surface area contributed by atoms with Crippen molar-refractivity contribution in [2.75, 3.05) is 26.8 Å². The number of nitrogens with zero attached hydrogens (tertiary/aromatic N) is 2. The Bertz CT molecular complexity index is 406. The molecule has 0 amide bonds. The van der Waals surface area contributed by atoms with E-state index in [-0.39, 0.29) is 9.92 Å². The molecule has 1 fully saturated rings. The first kappa shape index (κ1) is 13.5. The number of likely N-dealkylation sites (tertiary alicyclic amines) is 1. The van der Waals surface area contributed by atoms with Crippen LogP contribution in [0.2, 0.25) is 0 Å². The zero-order valence-electron chi connectivity index (χ0n) is 10.5. The van der Waals surface area contributed by atoms with E-state index >= 15 is 0 Å². The van der Waals surface area contributed by atoms with E-state index in [1.54, 1.807) is 13.2 Å². The van der Waals surface area contributed by atoms with Gasteiger partial charge in [0.15, 0.2) is 0 Å². The highest BCUT2D eigenvalue weighted by molar-refractivity contribution is 7.13. The van der Waals surface area contributed by atoms with E-state index in [0.29, 0.717) is 5.92 Å². The molecule has 1 aliphatic heterocycles. The Labute approximate surface area is 111 Å². The van der Waals surface area contributed by atoms with Gasteiger partial charge in [0.25, 0.3) is 0 Å². The molecule has 18 heavy (non-hydrogen) atoms. The molecular weight excluding hydrogens is 252 g/mol. The van der Waals surface area contributed by atoms with Crippen molar-refractivity contribution in [3.63, 3.8) is 0 Å². The molecule has 0 aliphatic carbocycles. The first-order chi connectivity index (χ1) is 8.69. The van der Waals surface area contributed by atoms with Crippen molar-refractivity contribution in [2.24, 2.45) is 5.92 Å². The Morgan fingerprint density at radius 1 is 1.67 bits per heavy atom. The monoisotopic (exact) mass is 270 g/mol. The lowest BCUT2D eigenvalue weighted by Crippen LogP contribution is -2.36. The molecule has 0 radical (unpaired) electrons. The number of piperidine rings is 1. The number of hydrogen-bond donors (Lipinski definition) is 0. The first-order valence-electron chi connectivity index (χ1n) is 6.12. The largest absolute Gasteiger partial charge is 0.384 e. The molecule has 1 unspecified atom stereocenters. The van der Waals surface area contributed by atoms with Gasteiger partial charge in [-0.25, -0.2) is 0 Å². The van der Waals surface area contributed by atoms with Gasteiger partial charge in [0.1, 0.15) is 0 Å². The highest BCUT2D eigenvalue weighted by Gasteiger charge is 2.20. The third kappa shape index (κ3) is 3.51.